The van der Waals surface area contributed by atoms with E-state index in [4.69, 9.17) is 0 Å². The van der Waals surface area contributed by atoms with Crippen LogP contribution in [0.1, 0.15) is 36.2 Å². The molecule has 0 radical (unpaired) electrons. The smallest absolute Gasteiger partial charge is 0.227 e. The van der Waals surface area contributed by atoms with Gasteiger partial charge in [0.2, 0.25) is 5.91 Å². The van der Waals surface area contributed by atoms with Crippen molar-refractivity contribution in [2.24, 2.45) is 5.92 Å². The lowest BCUT2D eigenvalue weighted by molar-refractivity contribution is -0.119. The van der Waals surface area contributed by atoms with Gasteiger partial charge in [-0.05, 0) is 30.7 Å². The predicted octanol–water partition coefficient (Wildman–Crippen LogP) is 3.90. The zero-order valence-corrected chi connectivity index (χ0v) is 12.3. The normalized spacial score (nSPS) is 11.7. The van der Waals surface area contributed by atoms with E-state index in [0.29, 0.717) is 16.8 Å². The van der Waals surface area contributed by atoms with Crippen LogP contribution in [-0.4, -0.2) is 11.7 Å². The third-order valence-corrected chi connectivity index (χ3v) is 3.51. The van der Waals surface area contributed by atoms with E-state index in [9.17, 15) is 9.59 Å². The summed E-state index contributed by atoms with van der Waals surface area (Å²) in [6.07, 6.45) is 0.802. The maximum atomic E-state index is 12.2. The Kier molecular flexibility index (Phi) is 4.88. The summed E-state index contributed by atoms with van der Waals surface area (Å²) >= 11 is 0. The van der Waals surface area contributed by atoms with Crippen molar-refractivity contribution in [2.45, 2.75) is 20.3 Å². The quantitative estimate of drug-likeness (QED) is 0.845. The number of amides is 1. The SMILES string of the molecule is CC[C@@H](C)C(=O)Nc1ccc(C(=O)c2ccccc2)cc1. The second kappa shape index (κ2) is 6.84. The van der Waals surface area contributed by atoms with E-state index in [-0.39, 0.29) is 17.6 Å². The molecule has 2 aromatic carbocycles. The van der Waals surface area contributed by atoms with Gasteiger partial charge in [0.05, 0.1) is 0 Å². The summed E-state index contributed by atoms with van der Waals surface area (Å²) in [5.74, 6) is -0.0364. The first-order valence-corrected chi connectivity index (χ1v) is 7.12. The molecule has 0 heterocycles. The summed E-state index contributed by atoms with van der Waals surface area (Å²) in [6, 6.07) is 16.1. The van der Waals surface area contributed by atoms with Gasteiger partial charge in [-0.2, -0.15) is 0 Å². The zero-order chi connectivity index (χ0) is 15.2. The molecule has 108 valence electrons. The van der Waals surface area contributed by atoms with E-state index in [0.717, 1.165) is 6.42 Å². The molecule has 21 heavy (non-hydrogen) atoms. The first-order valence-electron chi connectivity index (χ1n) is 7.12. The second-order valence-electron chi connectivity index (χ2n) is 5.07. The molecular formula is C18H19NO2. The molecule has 1 N–H and O–H groups in total. The lowest BCUT2D eigenvalue weighted by Gasteiger charge is -2.10. The maximum absolute atomic E-state index is 12.2. The minimum atomic E-state index is -0.0181. The number of hydrogen-bond acceptors (Lipinski definition) is 2. The van der Waals surface area contributed by atoms with E-state index < -0.39 is 0 Å². The van der Waals surface area contributed by atoms with E-state index >= 15 is 0 Å². The van der Waals surface area contributed by atoms with Crippen molar-refractivity contribution in [1.82, 2.24) is 0 Å². The molecule has 0 bridgehead atoms. The van der Waals surface area contributed by atoms with Crippen LogP contribution in [0.4, 0.5) is 5.69 Å². The Morgan fingerprint density at radius 1 is 0.952 bits per heavy atom. The Morgan fingerprint density at radius 3 is 2.10 bits per heavy atom. The molecule has 3 heteroatoms. The van der Waals surface area contributed by atoms with Crippen molar-refractivity contribution in [1.29, 1.82) is 0 Å². The first-order chi connectivity index (χ1) is 10.1. The molecule has 0 aromatic heterocycles. The fourth-order valence-corrected chi connectivity index (χ4v) is 1.91. The molecule has 3 nitrogen and oxygen atoms in total. The number of ketones is 1. The molecular weight excluding hydrogens is 262 g/mol. The van der Waals surface area contributed by atoms with Gasteiger partial charge in [-0.3, -0.25) is 9.59 Å². The molecule has 1 atom stereocenters. The van der Waals surface area contributed by atoms with E-state index in [1.54, 1.807) is 36.4 Å². The van der Waals surface area contributed by atoms with Gasteiger partial charge >= 0.3 is 0 Å². The third kappa shape index (κ3) is 3.78. The van der Waals surface area contributed by atoms with Crippen LogP contribution >= 0.6 is 0 Å². The van der Waals surface area contributed by atoms with Crippen molar-refractivity contribution >= 4 is 17.4 Å². The molecule has 0 aliphatic carbocycles. The summed E-state index contributed by atoms with van der Waals surface area (Å²) in [6.45, 7) is 3.87. The van der Waals surface area contributed by atoms with Gasteiger partial charge in [-0.15, -0.1) is 0 Å². The molecule has 0 saturated carbocycles. The fraction of sp³-hybridized carbons (Fsp3) is 0.222. The Bertz CT molecular complexity index is 617. The number of nitrogens with one attached hydrogen (secondary N) is 1. The Balaban J connectivity index is 2.09. The topological polar surface area (TPSA) is 46.2 Å². The van der Waals surface area contributed by atoms with Crippen molar-refractivity contribution in [3.63, 3.8) is 0 Å². The number of rotatable bonds is 5. The van der Waals surface area contributed by atoms with Gasteiger partial charge in [0.25, 0.3) is 0 Å². The molecule has 1 amide bonds. The van der Waals surface area contributed by atoms with Crippen molar-refractivity contribution in [3.8, 4) is 0 Å². The van der Waals surface area contributed by atoms with Gasteiger partial charge in [-0.1, -0.05) is 44.2 Å². The van der Waals surface area contributed by atoms with Gasteiger partial charge in [0.1, 0.15) is 0 Å². The number of anilines is 1. The Morgan fingerprint density at radius 2 is 1.52 bits per heavy atom. The molecule has 2 aromatic rings. The van der Waals surface area contributed by atoms with Crippen LogP contribution in [-0.2, 0) is 4.79 Å². The highest BCUT2D eigenvalue weighted by molar-refractivity contribution is 6.09. The predicted molar refractivity (Wildman–Crippen MR) is 84.4 cm³/mol. The summed E-state index contributed by atoms with van der Waals surface area (Å²) in [5, 5.41) is 2.85. The maximum Gasteiger partial charge on any atom is 0.227 e. The van der Waals surface area contributed by atoms with Crippen LogP contribution in [0.5, 0.6) is 0 Å². The van der Waals surface area contributed by atoms with Gasteiger partial charge in [-0.25, -0.2) is 0 Å². The average Bonchev–Trinajstić information content (AvgIpc) is 2.55. The standard InChI is InChI=1S/C18H19NO2/c1-3-13(2)18(21)19-16-11-9-15(10-12-16)17(20)14-7-5-4-6-8-14/h4-13H,3H2,1-2H3,(H,19,21)/t13-/m1/s1. The van der Waals surface area contributed by atoms with Crippen molar-refractivity contribution in [2.75, 3.05) is 5.32 Å². The molecule has 0 saturated heterocycles. The largest absolute Gasteiger partial charge is 0.326 e. The monoisotopic (exact) mass is 281 g/mol. The van der Waals surface area contributed by atoms with E-state index in [1.807, 2.05) is 32.0 Å². The van der Waals surface area contributed by atoms with Crippen LogP contribution in [0, 0.1) is 5.92 Å². The molecule has 0 spiro atoms. The molecule has 2 rings (SSSR count). The summed E-state index contributed by atoms with van der Waals surface area (Å²) in [7, 11) is 0. The van der Waals surface area contributed by atoms with Crippen molar-refractivity contribution < 1.29 is 9.59 Å². The van der Waals surface area contributed by atoms with Crippen LogP contribution in [0.3, 0.4) is 0 Å². The van der Waals surface area contributed by atoms with Crippen molar-refractivity contribution in [3.05, 3.63) is 65.7 Å². The Hall–Kier alpha value is -2.42. The summed E-state index contributed by atoms with van der Waals surface area (Å²) in [4.78, 5) is 24.1. The van der Waals surface area contributed by atoms with Crippen LogP contribution < -0.4 is 5.32 Å². The number of hydrogen-bond donors (Lipinski definition) is 1. The van der Waals surface area contributed by atoms with E-state index in [1.165, 1.54) is 0 Å². The third-order valence-electron chi connectivity index (χ3n) is 3.51. The highest BCUT2D eigenvalue weighted by atomic mass is 16.1. The summed E-state index contributed by atoms with van der Waals surface area (Å²) < 4.78 is 0. The van der Waals surface area contributed by atoms with Crippen LogP contribution in [0.2, 0.25) is 0 Å². The van der Waals surface area contributed by atoms with Crippen LogP contribution in [0.25, 0.3) is 0 Å². The number of carbonyl (C=O) groups is 2. The molecule has 0 fully saturated rings. The second-order valence-corrected chi connectivity index (χ2v) is 5.07. The minimum Gasteiger partial charge on any atom is -0.326 e. The van der Waals surface area contributed by atoms with Crippen LogP contribution in [0.15, 0.2) is 54.6 Å². The molecule has 0 aliphatic heterocycles. The van der Waals surface area contributed by atoms with Gasteiger partial charge in [0, 0.05) is 22.7 Å². The minimum absolute atomic E-state index is 0.000337. The zero-order valence-electron chi connectivity index (χ0n) is 12.3. The summed E-state index contributed by atoms with van der Waals surface area (Å²) in [5.41, 5.74) is 1.99. The fourth-order valence-electron chi connectivity index (χ4n) is 1.91. The number of benzene rings is 2. The first kappa shape index (κ1) is 15.0. The molecule has 0 unspecified atom stereocenters. The lowest BCUT2D eigenvalue weighted by atomic mass is 10.0. The average molecular weight is 281 g/mol. The Labute approximate surface area is 125 Å². The lowest BCUT2D eigenvalue weighted by Crippen LogP contribution is -2.19. The highest BCUT2D eigenvalue weighted by Crippen LogP contribution is 2.15. The number of carbonyl (C=O) groups excluding carboxylic acids is 2. The van der Waals surface area contributed by atoms with E-state index in [2.05, 4.69) is 5.32 Å². The van der Waals surface area contributed by atoms with Gasteiger partial charge in [0.15, 0.2) is 5.78 Å². The molecule has 0 aliphatic rings. The van der Waals surface area contributed by atoms with Gasteiger partial charge < -0.3 is 5.32 Å². The highest BCUT2D eigenvalue weighted by Gasteiger charge is 2.11.